The molecule has 6 nitrogen and oxygen atoms in total. The third-order valence-corrected chi connectivity index (χ3v) is 14.2. The Hall–Kier alpha value is -1.51. The van der Waals surface area contributed by atoms with Crippen molar-refractivity contribution in [1.82, 2.24) is 0 Å². The molecule has 7 heteroatoms. The summed E-state index contributed by atoms with van der Waals surface area (Å²) >= 11 is 0. The molecule has 242 valence electrons. The summed E-state index contributed by atoms with van der Waals surface area (Å²) in [5, 5.41) is 0.116. The average Bonchev–Trinajstić information content (AvgIpc) is 3.25. The van der Waals surface area contributed by atoms with Crippen molar-refractivity contribution in [3.8, 4) is 5.75 Å². The van der Waals surface area contributed by atoms with Crippen LogP contribution in [0.15, 0.2) is 36.4 Å². The number of hydrogen-bond acceptors (Lipinski definition) is 6. The molecule has 0 bridgehead atoms. The van der Waals surface area contributed by atoms with E-state index in [0.29, 0.717) is 12.8 Å². The van der Waals surface area contributed by atoms with Crippen molar-refractivity contribution in [2.75, 3.05) is 13.2 Å². The Labute approximate surface area is 262 Å². The monoisotopic (exact) mass is 614 g/mol. The zero-order valence-electron chi connectivity index (χ0n) is 27.8. The van der Waals surface area contributed by atoms with E-state index in [1.54, 1.807) is 0 Å². The van der Waals surface area contributed by atoms with Gasteiger partial charge in [0.05, 0.1) is 12.2 Å². The summed E-state index contributed by atoms with van der Waals surface area (Å²) in [7, 11) is -1.97. The largest absolute Gasteiger partial charge is 0.543 e. The van der Waals surface area contributed by atoms with Gasteiger partial charge in [0.2, 0.25) is 8.32 Å². The van der Waals surface area contributed by atoms with Crippen molar-refractivity contribution in [3.63, 3.8) is 0 Å². The van der Waals surface area contributed by atoms with E-state index in [-0.39, 0.29) is 47.4 Å². The second kappa shape index (κ2) is 16.2. The molecular formula is C36H58O6Si. The third kappa shape index (κ3) is 10.3. The molecule has 0 radical (unpaired) electrons. The Morgan fingerprint density at radius 3 is 2.40 bits per heavy atom. The van der Waals surface area contributed by atoms with Crippen LogP contribution in [-0.4, -0.2) is 52.1 Å². The molecule has 3 aliphatic rings. The molecule has 1 aliphatic carbocycles. The molecule has 2 saturated heterocycles. The number of unbranched alkanes of at least 4 members (excludes halogenated alkanes) is 2. The van der Waals surface area contributed by atoms with E-state index >= 15 is 0 Å². The fourth-order valence-electron chi connectivity index (χ4n) is 6.13. The van der Waals surface area contributed by atoms with Gasteiger partial charge in [-0.15, -0.1) is 0 Å². The van der Waals surface area contributed by atoms with Gasteiger partial charge in [0.15, 0.2) is 12.6 Å². The van der Waals surface area contributed by atoms with Crippen LogP contribution < -0.4 is 4.43 Å². The van der Waals surface area contributed by atoms with Gasteiger partial charge in [-0.3, -0.25) is 4.79 Å². The molecule has 0 aromatic heterocycles. The van der Waals surface area contributed by atoms with E-state index in [1.807, 2.05) is 0 Å². The minimum absolute atomic E-state index is 0.0288. The zero-order chi connectivity index (χ0) is 30.9. The van der Waals surface area contributed by atoms with Gasteiger partial charge in [-0.05, 0) is 87.2 Å². The van der Waals surface area contributed by atoms with Gasteiger partial charge >= 0.3 is 0 Å². The van der Waals surface area contributed by atoms with Crippen molar-refractivity contribution < 1.29 is 28.2 Å². The van der Waals surface area contributed by atoms with Crippen LogP contribution in [0.4, 0.5) is 0 Å². The lowest BCUT2D eigenvalue weighted by Gasteiger charge is -2.36. The number of ether oxygens (including phenoxy) is 4. The first kappa shape index (κ1) is 34.4. The number of rotatable bonds is 14. The Morgan fingerprint density at radius 2 is 1.74 bits per heavy atom. The first-order chi connectivity index (χ1) is 20.6. The van der Waals surface area contributed by atoms with Crippen LogP contribution in [0, 0.1) is 11.8 Å². The molecule has 0 spiro atoms. The Bertz CT molecular complexity index is 1020. The Morgan fingerprint density at radius 1 is 1.02 bits per heavy atom. The minimum atomic E-state index is -1.97. The molecule has 0 N–H and O–H groups in total. The summed E-state index contributed by atoms with van der Waals surface area (Å²) in [6, 6.07) is 8.38. The van der Waals surface area contributed by atoms with E-state index in [4.69, 9.17) is 23.4 Å². The van der Waals surface area contributed by atoms with Crippen LogP contribution in [0.3, 0.4) is 0 Å². The van der Waals surface area contributed by atoms with Crippen molar-refractivity contribution in [2.24, 2.45) is 11.8 Å². The third-order valence-electron chi connectivity index (χ3n) is 9.81. The lowest BCUT2D eigenvalue weighted by Crippen LogP contribution is -2.43. The number of hydrogen-bond donors (Lipinski definition) is 0. The van der Waals surface area contributed by atoms with Gasteiger partial charge in [-0.2, -0.15) is 0 Å². The Balaban J connectivity index is 1.53. The van der Waals surface area contributed by atoms with Crippen LogP contribution in [0.25, 0.3) is 0 Å². The molecule has 0 amide bonds. The second-order valence-corrected chi connectivity index (χ2v) is 19.1. The summed E-state index contributed by atoms with van der Waals surface area (Å²) in [4.78, 5) is 13.6. The normalized spacial score (nSPS) is 28.0. The molecule has 1 aromatic carbocycles. The summed E-state index contributed by atoms with van der Waals surface area (Å²) in [5.74, 6) is 0.981. The fraction of sp³-hybridized carbons (Fsp3) is 0.750. The van der Waals surface area contributed by atoms with E-state index in [9.17, 15) is 4.79 Å². The number of Topliss-reactive ketones (excluding diaryl/α,β-unsaturated/α-hetero) is 1. The van der Waals surface area contributed by atoms with Crippen LogP contribution in [0.2, 0.25) is 18.1 Å². The number of carbonyl (C=O) groups excluding carboxylic acids is 1. The predicted octanol–water partition coefficient (Wildman–Crippen LogP) is 8.78. The molecule has 2 heterocycles. The fourth-order valence-corrected chi connectivity index (χ4v) is 7.15. The molecule has 1 aromatic rings. The molecule has 3 fully saturated rings. The topological polar surface area (TPSA) is 63.2 Å². The smallest absolute Gasteiger partial charge is 0.250 e. The highest BCUT2D eigenvalue weighted by atomic mass is 28.4. The maximum absolute atomic E-state index is 13.6. The summed E-state index contributed by atoms with van der Waals surface area (Å²) in [5.41, 5.74) is 1.13. The van der Waals surface area contributed by atoms with Gasteiger partial charge in [0, 0.05) is 31.5 Å². The van der Waals surface area contributed by atoms with Gasteiger partial charge in [0.1, 0.15) is 11.5 Å². The molecule has 6 atom stereocenters. The van der Waals surface area contributed by atoms with Gasteiger partial charge < -0.3 is 23.4 Å². The number of benzene rings is 1. The van der Waals surface area contributed by atoms with Crippen molar-refractivity contribution in [3.05, 3.63) is 42.0 Å². The number of ketones is 1. The number of carbonyl (C=O) groups is 1. The average molecular weight is 615 g/mol. The molecule has 0 unspecified atom stereocenters. The van der Waals surface area contributed by atoms with Crippen molar-refractivity contribution in [2.45, 2.75) is 148 Å². The van der Waals surface area contributed by atoms with Crippen molar-refractivity contribution in [1.29, 1.82) is 0 Å². The maximum Gasteiger partial charge on any atom is 0.250 e. The lowest BCUT2D eigenvalue weighted by molar-refractivity contribution is -0.192. The zero-order valence-corrected chi connectivity index (χ0v) is 28.8. The first-order valence-corrected chi connectivity index (χ1v) is 20.0. The standard InChI is InChI=1S/C36H58O6Si/c1-7-8-9-16-28(40-34-18-10-12-22-38-34)20-21-30-31(32(37)26-33(30)41-35-19-11-13-23-39-35)25-27-15-14-17-29(24-27)42-43(5,6)36(2,3)4/h14-15,17,20-21,24,28,30-31,33-35H,7-13,16,18-19,22-23,25-26H2,1-6H3/b21-20+/t28-,30+,31+,33+,34+,35-/m0/s1. The second-order valence-electron chi connectivity index (χ2n) is 14.4. The molecule has 1 saturated carbocycles. The molecule has 43 heavy (non-hydrogen) atoms. The Kier molecular flexibility index (Phi) is 12.9. The van der Waals surface area contributed by atoms with Crippen LogP contribution in [-0.2, 0) is 30.2 Å². The quantitative estimate of drug-likeness (QED) is 0.119. The molecule has 2 aliphatic heterocycles. The molecular weight excluding hydrogens is 556 g/mol. The van der Waals surface area contributed by atoms with Gasteiger partial charge in [-0.1, -0.05) is 71.2 Å². The van der Waals surface area contributed by atoms with Gasteiger partial charge in [0.25, 0.3) is 0 Å². The highest BCUT2D eigenvalue weighted by molar-refractivity contribution is 6.74. The minimum Gasteiger partial charge on any atom is -0.543 e. The SMILES string of the molecule is CCCCC[C@@H](/C=C/[C@H]1[C@H](O[C@H]2CCCCO2)CC(=O)[C@@H]1Cc1cccc(O[Si](C)(C)C(C)(C)C)c1)O[C@@H]1CCCCO1. The lowest BCUT2D eigenvalue weighted by atomic mass is 9.87. The summed E-state index contributed by atoms with van der Waals surface area (Å²) in [6.07, 6.45) is 15.6. The van der Waals surface area contributed by atoms with E-state index in [1.165, 1.54) is 12.8 Å². The first-order valence-electron chi connectivity index (χ1n) is 17.1. The summed E-state index contributed by atoms with van der Waals surface area (Å²) < 4.78 is 31.5. The van der Waals surface area contributed by atoms with Crippen LogP contribution >= 0.6 is 0 Å². The molecule has 4 rings (SSSR count). The van der Waals surface area contributed by atoms with Crippen molar-refractivity contribution >= 4 is 14.1 Å². The highest BCUT2D eigenvalue weighted by Crippen LogP contribution is 2.39. The van der Waals surface area contributed by atoms with Crippen LogP contribution in [0.5, 0.6) is 5.75 Å². The van der Waals surface area contributed by atoms with E-state index in [0.717, 1.165) is 75.9 Å². The predicted molar refractivity (Wildman–Crippen MR) is 175 cm³/mol. The highest BCUT2D eigenvalue weighted by Gasteiger charge is 2.43. The van der Waals surface area contributed by atoms with Gasteiger partial charge in [-0.25, -0.2) is 0 Å². The van der Waals surface area contributed by atoms with E-state index in [2.05, 4.69) is 77.2 Å². The van der Waals surface area contributed by atoms with E-state index < -0.39 is 8.32 Å². The van der Waals surface area contributed by atoms with Crippen LogP contribution in [0.1, 0.15) is 104 Å². The summed E-state index contributed by atoms with van der Waals surface area (Å²) in [6.45, 7) is 15.0. The maximum atomic E-state index is 13.6.